The third-order valence-electron chi connectivity index (χ3n) is 4.80. The molecule has 21 heavy (non-hydrogen) atoms. The minimum atomic E-state index is 0.148. The van der Waals surface area contributed by atoms with Gasteiger partial charge in [-0.15, -0.1) is 0 Å². The Hall–Kier alpha value is -1.22. The Balaban J connectivity index is 1.67. The molecule has 3 rings (SSSR count). The quantitative estimate of drug-likeness (QED) is 0.892. The van der Waals surface area contributed by atoms with E-state index in [0.29, 0.717) is 12.6 Å². The molecule has 2 aliphatic rings. The zero-order chi connectivity index (χ0) is 14.5. The third kappa shape index (κ3) is 3.52. The van der Waals surface area contributed by atoms with Crippen molar-refractivity contribution in [1.29, 1.82) is 0 Å². The van der Waals surface area contributed by atoms with Crippen LogP contribution in [0.4, 0.5) is 5.69 Å². The fourth-order valence-corrected chi connectivity index (χ4v) is 3.78. The normalized spacial score (nSPS) is 24.7. The van der Waals surface area contributed by atoms with Gasteiger partial charge in [0.15, 0.2) is 0 Å². The molecule has 1 aliphatic heterocycles. The van der Waals surface area contributed by atoms with E-state index in [0.717, 1.165) is 30.9 Å². The lowest BCUT2D eigenvalue weighted by Crippen LogP contribution is -2.45. The van der Waals surface area contributed by atoms with Crippen molar-refractivity contribution in [3.8, 4) is 5.75 Å². The van der Waals surface area contributed by atoms with Gasteiger partial charge in [0.1, 0.15) is 5.75 Å². The molecular formula is C18H27NO2. The Kier molecular flexibility index (Phi) is 4.69. The van der Waals surface area contributed by atoms with Crippen LogP contribution in [0.25, 0.3) is 0 Å². The van der Waals surface area contributed by atoms with Crippen molar-refractivity contribution in [3.05, 3.63) is 24.3 Å². The Morgan fingerprint density at radius 1 is 1.24 bits per heavy atom. The minimum absolute atomic E-state index is 0.148. The number of rotatable bonds is 4. The maximum absolute atomic E-state index is 6.18. The SMILES string of the molecule is CCOc1ccccc1NC1CCOC2(CCCCC2)C1. The molecule has 1 aromatic carbocycles. The van der Waals surface area contributed by atoms with Gasteiger partial charge in [0.2, 0.25) is 0 Å². The highest BCUT2D eigenvalue weighted by Gasteiger charge is 2.38. The van der Waals surface area contributed by atoms with Gasteiger partial charge in [-0.2, -0.15) is 0 Å². The second-order valence-corrected chi connectivity index (χ2v) is 6.36. The summed E-state index contributed by atoms with van der Waals surface area (Å²) in [5.41, 5.74) is 1.27. The molecule has 116 valence electrons. The molecule has 2 fully saturated rings. The van der Waals surface area contributed by atoms with Crippen LogP contribution >= 0.6 is 0 Å². The van der Waals surface area contributed by atoms with Crippen molar-refractivity contribution >= 4 is 5.69 Å². The summed E-state index contributed by atoms with van der Waals surface area (Å²) in [6, 6.07) is 8.76. The van der Waals surface area contributed by atoms with Gasteiger partial charge in [0.25, 0.3) is 0 Å². The van der Waals surface area contributed by atoms with Crippen LogP contribution in [0.2, 0.25) is 0 Å². The monoisotopic (exact) mass is 289 g/mol. The van der Waals surface area contributed by atoms with Crippen molar-refractivity contribution in [2.75, 3.05) is 18.5 Å². The van der Waals surface area contributed by atoms with E-state index in [2.05, 4.69) is 17.4 Å². The van der Waals surface area contributed by atoms with Gasteiger partial charge in [0, 0.05) is 12.6 Å². The van der Waals surface area contributed by atoms with E-state index in [4.69, 9.17) is 9.47 Å². The van der Waals surface area contributed by atoms with Gasteiger partial charge in [0.05, 0.1) is 17.9 Å². The topological polar surface area (TPSA) is 30.5 Å². The first-order valence-electron chi connectivity index (χ1n) is 8.44. The number of benzene rings is 1. The molecule has 1 N–H and O–H groups in total. The van der Waals surface area contributed by atoms with E-state index in [1.165, 1.54) is 32.1 Å². The predicted octanol–water partition coefficient (Wildman–Crippen LogP) is 4.38. The average molecular weight is 289 g/mol. The van der Waals surface area contributed by atoms with Gasteiger partial charge in [-0.3, -0.25) is 0 Å². The van der Waals surface area contributed by atoms with Gasteiger partial charge in [-0.05, 0) is 44.7 Å². The van der Waals surface area contributed by atoms with Crippen molar-refractivity contribution in [2.24, 2.45) is 0 Å². The van der Waals surface area contributed by atoms with Crippen molar-refractivity contribution in [2.45, 2.75) is 63.5 Å². The summed E-state index contributed by atoms with van der Waals surface area (Å²) in [6.45, 7) is 3.62. The summed E-state index contributed by atoms with van der Waals surface area (Å²) in [6.07, 6.45) is 8.70. The molecular weight excluding hydrogens is 262 g/mol. The van der Waals surface area contributed by atoms with Gasteiger partial charge in [-0.25, -0.2) is 0 Å². The molecule has 1 atom stereocenters. The first kappa shape index (κ1) is 14.7. The lowest BCUT2D eigenvalue weighted by molar-refractivity contribution is -0.103. The summed E-state index contributed by atoms with van der Waals surface area (Å²) in [4.78, 5) is 0. The number of hydrogen-bond acceptors (Lipinski definition) is 3. The molecule has 0 bridgehead atoms. The van der Waals surface area contributed by atoms with Crippen LogP contribution in [0.1, 0.15) is 51.9 Å². The van der Waals surface area contributed by atoms with Crippen LogP contribution in [0.15, 0.2) is 24.3 Å². The van der Waals surface area contributed by atoms with E-state index in [1.807, 2.05) is 19.1 Å². The molecule has 1 spiro atoms. The summed E-state index contributed by atoms with van der Waals surface area (Å²) in [5.74, 6) is 0.962. The second-order valence-electron chi connectivity index (χ2n) is 6.36. The van der Waals surface area contributed by atoms with Crippen LogP contribution in [-0.2, 0) is 4.74 Å². The lowest BCUT2D eigenvalue weighted by atomic mass is 9.78. The van der Waals surface area contributed by atoms with Gasteiger partial charge in [-0.1, -0.05) is 31.4 Å². The lowest BCUT2D eigenvalue weighted by Gasteiger charge is -2.44. The van der Waals surface area contributed by atoms with Crippen LogP contribution in [0, 0.1) is 0 Å². The summed E-state index contributed by atoms with van der Waals surface area (Å²) in [5, 5.41) is 3.70. The number of ether oxygens (including phenoxy) is 2. The molecule has 0 radical (unpaired) electrons. The van der Waals surface area contributed by atoms with Crippen LogP contribution in [-0.4, -0.2) is 24.9 Å². The van der Waals surface area contributed by atoms with Crippen molar-refractivity contribution < 1.29 is 9.47 Å². The zero-order valence-corrected chi connectivity index (χ0v) is 13.1. The van der Waals surface area contributed by atoms with E-state index < -0.39 is 0 Å². The Morgan fingerprint density at radius 3 is 2.86 bits per heavy atom. The molecule has 1 saturated carbocycles. The van der Waals surface area contributed by atoms with Crippen LogP contribution in [0.5, 0.6) is 5.75 Å². The highest BCUT2D eigenvalue weighted by atomic mass is 16.5. The number of para-hydroxylation sites is 2. The Bertz CT molecular complexity index is 449. The minimum Gasteiger partial charge on any atom is -0.492 e. The highest BCUT2D eigenvalue weighted by molar-refractivity contribution is 5.56. The Morgan fingerprint density at radius 2 is 2.05 bits per heavy atom. The maximum Gasteiger partial charge on any atom is 0.142 e. The number of anilines is 1. The Labute approximate surface area is 128 Å². The van der Waals surface area contributed by atoms with Crippen LogP contribution in [0.3, 0.4) is 0 Å². The van der Waals surface area contributed by atoms with Gasteiger partial charge < -0.3 is 14.8 Å². The number of nitrogens with one attached hydrogen (secondary N) is 1. The molecule has 1 unspecified atom stereocenters. The summed E-state index contributed by atoms with van der Waals surface area (Å²) in [7, 11) is 0. The predicted molar refractivity (Wildman–Crippen MR) is 86.0 cm³/mol. The molecule has 3 heteroatoms. The summed E-state index contributed by atoms with van der Waals surface area (Å²) < 4.78 is 11.9. The van der Waals surface area contributed by atoms with E-state index in [1.54, 1.807) is 0 Å². The van der Waals surface area contributed by atoms with E-state index in [-0.39, 0.29) is 5.60 Å². The summed E-state index contributed by atoms with van der Waals surface area (Å²) >= 11 is 0. The smallest absolute Gasteiger partial charge is 0.142 e. The van der Waals surface area contributed by atoms with Gasteiger partial charge >= 0.3 is 0 Å². The molecule has 1 saturated heterocycles. The molecule has 1 aromatic rings. The van der Waals surface area contributed by atoms with E-state index in [9.17, 15) is 0 Å². The largest absolute Gasteiger partial charge is 0.492 e. The van der Waals surface area contributed by atoms with Crippen molar-refractivity contribution in [3.63, 3.8) is 0 Å². The molecule has 0 amide bonds. The van der Waals surface area contributed by atoms with E-state index >= 15 is 0 Å². The number of hydrogen-bond donors (Lipinski definition) is 1. The van der Waals surface area contributed by atoms with Crippen molar-refractivity contribution in [1.82, 2.24) is 0 Å². The second kappa shape index (κ2) is 6.69. The highest BCUT2D eigenvalue weighted by Crippen LogP contribution is 2.39. The third-order valence-corrected chi connectivity index (χ3v) is 4.80. The first-order chi connectivity index (χ1) is 10.3. The fourth-order valence-electron chi connectivity index (χ4n) is 3.78. The maximum atomic E-state index is 6.18. The standard InChI is InChI=1S/C18H27NO2/c1-2-20-17-9-5-4-8-16(17)19-15-10-13-21-18(14-15)11-6-3-7-12-18/h4-5,8-9,15,19H,2-3,6-7,10-14H2,1H3. The molecule has 1 heterocycles. The van der Waals surface area contributed by atoms with Crippen LogP contribution < -0.4 is 10.1 Å². The zero-order valence-electron chi connectivity index (χ0n) is 13.1. The first-order valence-corrected chi connectivity index (χ1v) is 8.44. The fraction of sp³-hybridized carbons (Fsp3) is 0.667. The molecule has 1 aliphatic carbocycles. The molecule has 0 aromatic heterocycles. The average Bonchev–Trinajstić information content (AvgIpc) is 2.50. The molecule has 3 nitrogen and oxygen atoms in total.